The molecular formula is C49H84O6. The predicted octanol–water partition coefficient (Wildman–Crippen LogP) is 14.5. The Balaban J connectivity index is 4.48. The molecule has 0 aliphatic rings. The van der Waals surface area contributed by atoms with E-state index in [1.807, 2.05) is 6.08 Å². The third-order valence-electron chi connectivity index (χ3n) is 9.58. The molecule has 0 aliphatic heterocycles. The Morgan fingerprint density at radius 1 is 0.400 bits per heavy atom. The lowest BCUT2D eigenvalue weighted by Crippen LogP contribution is -2.30. The Morgan fingerprint density at radius 2 is 0.818 bits per heavy atom. The first-order valence-electron chi connectivity index (χ1n) is 22.8. The highest BCUT2D eigenvalue weighted by molar-refractivity contribution is 5.71. The minimum absolute atomic E-state index is 0.102. The van der Waals surface area contributed by atoms with Gasteiger partial charge in [-0.1, -0.05) is 197 Å². The van der Waals surface area contributed by atoms with Crippen LogP contribution in [0.15, 0.2) is 60.8 Å². The number of ether oxygens (including phenoxy) is 3. The summed E-state index contributed by atoms with van der Waals surface area (Å²) in [5, 5.41) is 0. The zero-order valence-electron chi connectivity index (χ0n) is 35.9. The van der Waals surface area contributed by atoms with Gasteiger partial charge in [0.05, 0.1) is 0 Å². The average Bonchev–Trinajstić information content (AvgIpc) is 3.18. The summed E-state index contributed by atoms with van der Waals surface area (Å²) in [4.78, 5) is 37.7. The van der Waals surface area contributed by atoms with Crippen molar-refractivity contribution in [3.63, 3.8) is 0 Å². The Hall–Kier alpha value is -2.89. The maximum atomic E-state index is 12.7. The van der Waals surface area contributed by atoms with Crippen LogP contribution in [0.2, 0.25) is 0 Å². The van der Waals surface area contributed by atoms with Gasteiger partial charge in [-0.15, -0.1) is 0 Å². The zero-order valence-corrected chi connectivity index (χ0v) is 35.9. The monoisotopic (exact) mass is 769 g/mol. The summed E-state index contributed by atoms with van der Waals surface area (Å²) in [5.41, 5.74) is 0. The van der Waals surface area contributed by atoms with Gasteiger partial charge in [0.2, 0.25) is 0 Å². The van der Waals surface area contributed by atoms with Gasteiger partial charge in [0.25, 0.3) is 0 Å². The van der Waals surface area contributed by atoms with E-state index in [0.717, 1.165) is 77.0 Å². The topological polar surface area (TPSA) is 78.9 Å². The highest BCUT2D eigenvalue weighted by Crippen LogP contribution is 2.13. The van der Waals surface area contributed by atoms with Gasteiger partial charge in [0.15, 0.2) is 6.10 Å². The van der Waals surface area contributed by atoms with Crippen LogP contribution in [0.1, 0.15) is 213 Å². The highest BCUT2D eigenvalue weighted by atomic mass is 16.6. The van der Waals surface area contributed by atoms with Crippen LogP contribution < -0.4 is 0 Å². The summed E-state index contributed by atoms with van der Waals surface area (Å²) in [6.07, 6.45) is 52.1. The Kier molecular flexibility index (Phi) is 41.5. The van der Waals surface area contributed by atoms with E-state index in [9.17, 15) is 14.4 Å². The predicted molar refractivity (Wildman–Crippen MR) is 233 cm³/mol. The minimum atomic E-state index is -0.808. The lowest BCUT2D eigenvalue weighted by Gasteiger charge is -2.18. The average molecular weight is 769 g/mol. The van der Waals surface area contributed by atoms with Gasteiger partial charge in [0, 0.05) is 19.3 Å². The number of esters is 3. The van der Waals surface area contributed by atoms with Crippen LogP contribution in [-0.2, 0) is 28.6 Å². The fourth-order valence-electron chi connectivity index (χ4n) is 6.14. The molecule has 6 nitrogen and oxygen atoms in total. The fourth-order valence-corrected chi connectivity index (χ4v) is 6.14. The number of allylic oxidation sites excluding steroid dienone is 10. The van der Waals surface area contributed by atoms with E-state index >= 15 is 0 Å². The molecular weight excluding hydrogens is 685 g/mol. The molecule has 316 valence electrons. The van der Waals surface area contributed by atoms with E-state index < -0.39 is 6.10 Å². The summed E-state index contributed by atoms with van der Waals surface area (Å²) in [6.45, 7) is 6.41. The highest BCUT2D eigenvalue weighted by Gasteiger charge is 2.19. The molecule has 0 fully saturated rings. The molecule has 1 unspecified atom stereocenters. The maximum absolute atomic E-state index is 12.7. The lowest BCUT2D eigenvalue weighted by atomic mass is 10.1. The van der Waals surface area contributed by atoms with E-state index in [4.69, 9.17) is 14.2 Å². The molecule has 0 rings (SSSR count). The van der Waals surface area contributed by atoms with Crippen LogP contribution in [0, 0.1) is 0 Å². The fraction of sp³-hybridized carbons (Fsp3) is 0.735. The van der Waals surface area contributed by atoms with Crippen molar-refractivity contribution in [1.29, 1.82) is 0 Å². The van der Waals surface area contributed by atoms with E-state index in [0.29, 0.717) is 19.3 Å². The van der Waals surface area contributed by atoms with Crippen molar-refractivity contribution in [3.8, 4) is 0 Å². The third-order valence-corrected chi connectivity index (χ3v) is 9.58. The number of rotatable bonds is 40. The van der Waals surface area contributed by atoms with Crippen LogP contribution >= 0.6 is 0 Å². The Morgan fingerprint density at radius 3 is 1.31 bits per heavy atom. The second-order valence-electron chi connectivity index (χ2n) is 15.0. The summed E-state index contributed by atoms with van der Waals surface area (Å²) in [6, 6.07) is 0. The van der Waals surface area contributed by atoms with Gasteiger partial charge in [-0.05, 0) is 57.8 Å². The van der Waals surface area contributed by atoms with Gasteiger partial charge >= 0.3 is 17.9 Å². The number of hydrogen-bond acceptors (Lipinski definition) is 6. The van der Waals surface area contributed by atoms with Gasteiger partial charge in [-0.3, -0.25) is 14.4 Å². The number of unbranched alkanes of at least 4 members (excludes halogenated alkanes) is 21. The van der Waals surface area contributed by atoms with Gasteiger partial charge in [0.1, 0.15) is 13.2 Å². The van der Waals surface area contributed by atoms with Crippen LogP contribution in [-0.4, -0.2) is 37.2 Å². The van der Waals surface area contributed by atoms with Crippen molar-refractivity contribution in [2.75, 3.05) is 13.2 Å². The number of carbonyl (C=O) groups excluding carboxylic acids is 3. The van der Waals surface area contributed by atoms with E-state index in [2.05, 4.69) is 75.5 Å². The molecule has 6 heteroatoms. The van der Waals surface area contributed by atoms with E-state index in [1.165, 1.54) is 89.9 Å². The second-order valence-corrected chi connectivity index (χ2v) is 15.0. The van der Waals surface area contributed by atoms with Crippen molar-refractivity contribution in [2.45, 2.75) is 219 Å². The normalized spacial score (nSPS) is 12.6. The number of carbonyl (C=O) groups is 3. The lowest BCUT2D eigenvalue weighted by molar-refractivity contribution is -0.166. The van der Waals surface area contributed by atoms with Crippen molar-refractivity contribution in [3.05, 3.63) is 60.8 Å². The van der Waals surface area contributed by atoms with Crippen molar-refractivity contribution < 1.29 is 28.6 Å². The smallest absolute Gasteiger partial charge is 0.306 e. The standard InChI is InChI=1S/C49H84O6/c1-4-7-10-13-16-19-22-24-27-30-33-36-39-42-48(51)54-45-46(44-53-47(50)41-38-35-32-29-26-21-18-15-12-9-6-3)55-49(52)43-40-37-34-31-28-25-23-20-17-14-11-8-5-2/h7,10,13,16,19,22,25,28,34,37,46H,4-6,8-9,11-12,14-15,17-18,20-21,23-24,26-27,29-33,35-36,38-45H2,1-3H3/b10-7-,16-13-,22-19-,28-25-,37-34-. The van der Waals surface area contributed by atoms with Gasteiger partial charge in [-0.2, -0.15) is 0 Å². The van der Waals surface area contributed by atoms with Crippen LogP contribution in [0.4, 0.5) is 0 Å². The first-order valence-corrected chi connectivity index (χ1v) is 22.8. The molecule has 0 amide bonds. The molecule has 0 aromatic carbocycles. The van der Waals surface area contributed by atoms with Crippen molar-refractivity contribution >= 4 is 17.9 Å². The molecule has 0 aromatic rings. The second kappa shape index (κ2) is 43.8. The van der Waals surface area contributed by atoms with Crippen LogP contribution in [0.25, 0.3) is 0 Å². The molecule has 0 bridgehead atoms. The summed E-state index contributed by atoms with van der Waals surface area (Å²) < 4.78 is 16.6. The SMILES string of the molecule is CC\C=C/C=C\C=C/CCCCCCCC(=O)OCC(COC(=O)CCCCCCCCCCCCC)OC(=O)CC/C=C\C/C=C\CCCCCCCC. The van der Waals surface area contributed by atoms with E-state index in [1.54, 1.807) is 0 Å². The summed E-state index contributed by atoms with van der Waals surface area (Å²) >= 11 is 0. The first kappa shape index (κ1) is 52.1. The quantitative estimate of drug-likeness (QED) is 0.0203. The summed E-state index contributed by atoms with van der Waals surface area (Å²) in [5.74, 6) is -0.996. The van der Waals surface area contributed by atoms with Gasteiger partial charge in [-0.25, -0.2) is 0 Å². The third kappa shape index (κ3) is 42.1. The molecule has 0 radical (unpaired) electrons. The molecule has 55 heavy (non-hydrogen) atoms. The van der Waals surface area contributed by atoms with Crippen molar-refractivity contribution in [2.24, 2.45) is 0 Å². The maximum Gasteiger partial charge on any atom is 0.306 e. The largest absolute Gasteiger partial charge is 0.462 e. The molecule has 0 heterocycles. The molecule has 0 N–H and O–H groups in total. The van der Waals surface area contributed by atoms with Crippen LogP contribution in [0.5, 0.6) is 0 Å². The first-order chi connectivity index (χ1) is 27.0. The Bertz CT molecular complexity index is 1020. The molecule has 0 saturated heterocycles. The molecule has 1 atom stereocenters. The number of hydrogen-bond donors (Lipinski definition) is 0. The molecule has 0 aliphatic carbocycles. The zero-order chi connectivity index (χ0) is 40.1. The Labute approximate surface area is 339 Å². The van der Waals surface area contributed by atoms with Crippen molar-refractivity contribution in [1.82, 2.24) is 0 Å². The minimum Gasteiger partial charge on any atom is -0.462 e. The molecule has 0 spiro atoms. The molecule has 0 aromatic heterocycles. The molecule has 0 saturated carbocycles. The summed E-state index contributed by atoms with van der Waals surface area (Å²) in [7, 11) is 0. The van der Waals surface area contributed by atoms with Crippen LogP contribution in [0.3, 0.4) is 0 Å². The van der Waals surface area contributed by atoms with Gasteiger partial charge < -0.3 is 14.2 Å². The van der Waals surface area contributed by atoms with E-state index in [-0.39, 0.29) is 37.5 Å².